The van der Waals surface area contributed by atoms with Crippen LogP contribution in [0.15, 0.2) is 96.7 Å². The van der Waals surface area contributed by atoms with E-state index in [0.717, 1.165) is 28.8 Å². The van der Waals surface area contributed by atoms with E-state index in [4.69, 9.17) is 0 Å². The Bertz CT molecular complexity index is 1030. The lowest BCUT2D eigenvalue weighted by Gasteiger charge is -2.20. The molecule has 4 heteroatoms. The summed E-state index contributed by atoms with van der Waals surface area (Å²) in [5, 5.41) is 15.8. The third kappa shape index (κ3) is 5.61. The minimum Gasteiger partial charge on any atom is -0.360 e. The molecule has 0 aromatic heterocycles. The number of amides is 1. The second-order valence-corrected chi connectivity index (χ2v) is 7.44. The van der Waals surface area contributed by atoms with Crippen molar-refractivity contribution in [2.75, 3.05) is 5.32 Å². The van der Waals surface area contributed by atoms with Crippen LogP contribution < -0.4 is 10.6 Å². The van der Waals surface area contributed by atoms with E-state index >= 15 is 0 Å². The van der Waals surface area contributed by atoms with Gasteiger partial charge in [-0.3, -0.25) is 4.79 Å². The van der Waals surface area contributed by atoms with Crippen LogP contribution >= 0.6 is 0 Å². The molecule has 156 valence electrons. The molecule has 0 aliphatic heterocycles. The van der Waals surface area contributed by atoms with Crippen molar-refractivity contribution in [3.05, 3.63) is 113 Å². The van der Waals surface area contributed by atoms with Crippen LogP contribution in [0, 0.1) is 11.3 Å². The number of rotatable bonds is 8. The molecule has 0 bridgehead atoms. The van der Waals surface area contributed by atoms with Crippen molar-refractivity contribution in [1.82, 2.24) is 5.32 Å². The molecule has 0 saturated heterocycles. The molecule has 3 rings (SSSR count). The van der Waals surface area contributed by atoms with Crippen LogP contribution in [0.1, 0.15) is 48.9 Å². The van der Waals surface area contributed by atoms with E-state index in [1.807, 2.05) is 84.9 Å². The molecular formula is C27H27N3O. The Labute approximate surface area is 184 Å². The highest BCUT2D eigenvalue weighted by Crippen LogP contribution is 2.27. The van der Waals surface area contributed by atoms with Gasteiger partial charge in [0.15, 0.2) is 0 Å². The van der Waals surface area contributed by atoms with Gasteiger partial charge in [-0.25, -0.2) is 0 Å². The molecule has 0 aliphatic rings. The average Bonchev–Trinajstić information content (AvgIpc) is 2.83. The molecule has 0 radical (unpaired) electrons. The summed E-state index contributed by atoms with van der Waals surface area (Å²) >= 11 is 0. The van der Waals surface area contributed by atoms with Gasteiger partial charge in [0.1, 0.15) is 11.6 Å². The number of benzene rings is 3. The van der Waals surface area contributed by atoms with E-state index in [9.17, 15) is 10.1 Å². The topological polar surface area (TPSA) is 64.9 Å². The van der Waals surface area contributed by atoms with Crippen LogP contribution in [0.25, 0.3) is 0 Å². The van der Waals surface area contributed by atoms with E-state index in [0.29, 0.717) is 5.92 Å². The van der Waals surface area contributed by atoms with Crippen molar-refractivity contribution in [1.29, 1.82) is 5.26 Å². The first kappa shape index (κ1) is 21.9. The van der Waals surface area contributed by atoms with E-state index in [2.05, 4.69) is 30.5 Å². The van der Waals surface area contributed by atoms with Gasteiger partial charge in [0, 0.05) is 11.9 Å². The van der Waals surface area contributed by atoms with Gasteiger partial charge in [-0.05, 0) is 35.1 Å². The average molecular weight is 410 g/mol. The van der Waals surface area contributed by atoms with E-state index in [-0.39, 0.29) is 11.6 Å². The number of nitrogens with zero attached hydrogens (tertiary/aromatic N) is 1. The number of hydrogen-bond donors (Lipinski definition) is 2. The first-order valence-electron chi connectivity index (χ1n) is 10.5. The molecule has 0 spiro atoms. The van der Waals surface area contributed by atoms with Gasteiger partial charge in [0.2, 0.25) is 0 Å². The van der Waals surface area contributed by atoms with Crippen LogP contribution in [0.4, 0.5) is 5.69 Å². The largest absolute Gasteiger partial charge is 0.360 e. The van der Waals surface area contributed by atoms with Crippen molar-refractivity contribution in [2.45, 2.75) is 32.2 Å². The smallest absolute Gasteiger partial charge is 0.264 e. The summed E-state index contributed by atoms with van der Waals surface area (Å²) in [4.78, 5) is 13.0. The van der Waals surface area contributed by atoms with Gasteiger partial charge in [0.05, 0.1) is 6.04 Å². The lowest BCUT2D eigenvalue weighted by molar-refractivity contribution is -0.117. The number of anilines is 1. The fourth-order valence-electron chi connectivity index (χ4n) is 3.44. The Morgan fingerprint density at radius 1 is 0.935 bits per heavy atom. The predicted molar refractivity (Wildman–Crippen MR) is 125 cm³/mol. The highest BCUT2D eigenvalue weighted by atomic mass is 16.1. The molecule has 4 nitrogen and oxygen atoms in total. The summed E-state index contributed by atoms with van der Waals surface area (Å²) in [5.74, 6) is -0.0502. The van der Waals surface area contributed by atoms with E-state index in [1.54, 1.807) is 0 Å². The highest BCUT2D eigenvalue weighted by Gasteiger charge is 2.19. The fraction of sp³-hybridized carbons (Fsp3) is 0.185. The summed E-state index contributed by atoms with van der Waals surface area (Å²) in [6.45, 7) is 4.30. The monoisotopic (exact) mass is 409 g/mol. The van der Waals surface area contributed by atoms with Gasteiger partial charge >= 0.3 is 0 Å². The molecule has 31 heavy (non-hydrogen) atoms. The lowest BCUT2D eigenvalue weighted by Crippen LogP contribution is -2.30. The molecule has 1 amide bonds. The number of nitrogens with one attached hydrogen (secondary N) is 2. The van der Waals surface area contributed by atoms with Gasteiger partial charge in [-0.1, -0.05) is 92.7 Å². The lowest BCUT2D eigenvalue weighted by atomic mass is 9.97. The Morgan fingerprint density at radius 2 is 1.48 bits per heavy atom. The molecule has 0 saturated carbocycles. The third-order valence-corrected chi connectivity index (χ3v) is 5.38. The normalized spacial score (nSPS) is 12.1. The van der Waals surface area contributed by atoms with Gasteiger partial charge in [-0.2, -0.15) is 5.26 Å². The van der Waals surface area contributed by atoms with Crippen molar-refractivity contribution in [2.24, 2.45) is 0 Å². The third-order valence-electron chi connectivity index (χ3n) is 5.38. The molecule has 2 N–H and O–H groups in total. The summed E-state index contributed by atoms with van der Waals surface area (Å²) < 4.78 is 0. The first-order valence-corrected chi connectivity index (χ1v) is 10.5. The van der Waals surface area contributed by atoms with Crippen LogP contribution in [0.2, 0.25) is 0 Å². The Kier molecular flexibility index (Phi) is 7.61. The molecule has 0 fully saturated rings. The summed E-state index contributed by atoms with van der Waals surface area (Å²) in [7, 11) is 0. The summed E-state index contributed by atoms with van der Waals surface area (Å²) in [6.07, 6.45) is 2.49. The molecular weight excluding hydrogens is 382 g/mol. The van der Waals surface area contributed by atoms with Gasteiger partial charge in [0.25, 0.3) is 5.91 Å². The second kappa shape index (κ2) is 10.8. The molecule has 3 aromatic carbocycles. The maximum Gasteiger partial charge on any atom is 0.264 e. The maximum absolute atomic E-state index is 13.0. The number of nitriles is 1. The van der Waals surface area contributed by atoms with Crippen molar-refractivity contribution >= 4 is 11.6 Å². The summed E-state index contributed by atoms with van der Waals surface area (Å²) in [5.41, 5.74) is 3.99. The zero-order valence-electron chi connectivity index (χ0n) is 17.9. The molecule has 1 atom stereocenters. The number of carbonyl (C=O) groups is 1. The number of para-hydroxylation sites is 1. The van der Waals surface area contributed by atoms with Crippen LogP contribution in [0.3, 0.4) is 0 Å². The van der Waals surface area contributed by atoms with Crippen molar-refractivity contribution in [3.63, 3.8) is 0 Å². The first-order chi connectivity index (χ1) is 15.1. The standard InChI is InChI=1S/C27H27N3O/c1-3-20(2)24-16-10-11-17-25(24)29-19-23(18-28)27(31)30-26(21-12-6-4-7-13-21)22-14-8-5-9-15-22/h4-17,19-20,26,29H,3H2,1-2H3,(H,30,31)/b23-19-. The predicted octanol–water partition coefficient (Wildman–Crippen LogP) is 5.93. The Morgan fingerprint density at radius 3 is 2.03 bits per heavy atom. The van der Waals surface area contributed by atoms with Crippen molar-refractivity contribution in [3.8, 4) is 6.07 Å². The van der Waals surface area contributed by atoms with Gasteiger partial charge < -0.3 is 10.6 Å². The highest BCUT2D eigenvalue weighted by molar-refractivity contribution is 5.98. The Hall–Kier alpha value is -3.84. The molecule has 1 unspecified atom stereocenters. The second-order valence-electron chi connectivity index (χ2n) is 7.44. The SMILES string of the molecule is CCC(C)c1ccccc1N/C=C(/C#N)C(=O)NC(c1ccccc1)c1ccccc1. The maximum atomic E-state index is 13.0. The van der Waals surface area contributed by atoms with Crippen LogP contribution in [-0.4, -0.2) is 5.91 Å². The quantitative estimate of drug-likeness (QED) is 0.358. The minimum atomic E-state index is -0.422. The van der Waals surface area contributed by atoms with E-state index < -0.39 is 5.91 Å². The van der Waals surface area contributed by atoms with Gasteiger partial charge in [-0.15, -0.1) is 0 Å². The summed E-state index contributed by atoms with van der Waals surface area (Å²) in [6, 6.07) is 29.1. The molecule has 3 aromatic rings. The minimum absolute atomic E-state index is 0.0239. The van der Waals surface area contributed by atoms with Crippen molar-refractivity contribution < 1.29 is 4.79 Å². The zero-order chi connectivity index (χ0) is 22.1. The molecule has 0 heterocycles. The number of carbonyl (C=O) groups excluding carboxylic acids is 1. The van der Waals surface area contributed by atoms with E-state index in [1.165, 1.54) is 6.20 Å². The van der Waals surface area contributed by atoms with Crippen LogP contribution in [0.5, 0.6) is 0 Å². The number of hydrogen-bond acceptors (Lipinski definition) is 3. The molecule has 0 aliphatic carbocycles. The van der Waals surface area contributed by atoms with Crippen LogP contribution in [-0.2, 0) is 4.79 Å². The Balaban J connectivity index is 1.84. The fourth-order valence-corrected chi connectivity index (χ4v) is 3.44. The zero-order valence-corrected chi connectivity index (χ0v) is 17.9.